The highest BCUT2D eigenvalue weighted by molar-refractivity contribution is 7.83. The number of nitrogens with one attached hydrogen (secondary N) is 1. The van der Waals surface area contributed by atoms with Gasteiger partial charge in [0.2, 0.25) is 0 Å². The lowest BCUT2D eigenvalue weighted by molar-refractivity contribution is -0.143. The van der Waals surface area contributed by atoms with Gasteiger partial charge in [0.05, 0.1) is 24.0 Å². The maximum atomic E-state index is 13.0. The molecule has 0 saturated heterocycles. The molecule has 0 saturated carbocycles. The largest absolute Gasteiger partial charge is 0.466 e. The topological polar surface area (TPSA) is 55.4 Å². The van der Waals surface area contributed by atoms with Crippen LogP contribution >= 0.6 is 11.6 Å². The average molecular weight is 456 g/mol. The summed E-state index contributed by atoms with van der Waals surface area (Å²) in [6.07, 6.45) is 0.0729. The first-order chi connectivity index (χ1) is 14.9. The number of benzene rings is 3. The van der Waals surface area contributed by atoms with Crippen molar-refractivity contribution in [3.8, 4) is 11.1 Å². The molecule has 3 aromatic rings. The van der Waals surface area contributed by atoms with Crippen molar-refractivity contribution >= 4 is 28.6 Å². The Morgan fingerprint density at radius 1 is 1.06 bits per heavy atom. The van der Waals surface area contributed by atoms with Gasteiger partial charge >= 0.3 is 5.97 Å². The fourth-order valence-electron chi connectivity index (χ4n) is 3.30. The Bertz CT molecular complexity index is 1080. The molecular weight excluding hydrogens is 430 g/mol. The van der Waals surface area contributed by atoms with Crippen LogP contribution in [0.2, 0.25) is 5.02 Å². The van der Waals surface area contributed by atoms with Gasteiger partial charge in [-0.15, -0.1) is 0 Å². The average Bonchev–Trinajstić information content (AvgIpc) is 2.74. The maximum Gasteiger partial charge on any atom is 0.307 e. The number of rotatable bonds is 8. The van der Waals surface area contributed by atoms with E-state index in [1.807, 2.05) is 80.6 Å². The molecular formula is C25H26ClNO3S. The van der Waals surface area contributed by atoms with Crippen LogP contribution in [-0.2, 0) is 20.5 Å². The van der Waals surface area contributed by atoms with E-state index in [1.54, 1.807) is 6.92 Å². The van der Waals surface area contributed by atoms with Crippen LogP contribution in [0.5, 0.6) is 0 Å². The van der Waals surface area contributed by atoms with Gasteiger partial charge < -0.3 is 4.74 Å². The van der Waals surface area contributed by atoms with E-state index in [1.165, 1.54) is 0 Å². The minimum Gasteiger partial charge on any atom is -0.466 e. The van der Waals surface area contributed by atoms with Gasteiger partial charge in [0, 0.05) is 5.02 Å². The molecule has 0 bridgehead atoms. The first-order valence-corrected chi connectivity index (χ1v) is 11.7. The SMILES string of the molecule is CCOC(=O)C[C@H](N[S@](=O)c1ccc(C)cc1)c1ccc(C)c(-c2cccc(Cl)c2)c1. The number of halogens is 1. The van der Waals surface area contributed by atoms with Gasteiger partial charge in [0.1, 0.15) is 11.0 Å². The highest BCUT2D eigenvalue weighted by Gasteiger charge is 2.21. The van der Waals surface area contributed by atoms with E-state index < -0.39 is 17.0 Å². The van der Waals surface area contributed by atoms with Crippen molar-refractivity contribution in [3.05, 3.63) is 88.4 Å². The predicted molar refractivity (Wildman–Crippen MR) is 126 cm³/mol. The lowest BCUT2D eigenvalue weighted by Gasteiger charge is -2.20. The minimum atomic E-state index is -1.48. The summed E-state index contributed by atoms with van der Waals surface area (Å²) in [5, 5.41) is 0.656. The quantitative estimate of drug-likeness (QED) is 0.428. The molecule has 4 nitrogen and oxygen atoms in total. The van der Waals surface area contributed by atoms with Crippen LogP contribution in [0, 0.1) is 13.8 Å². The molecule has 31 heavy (non-hydrogen) atoms. The molecule has 0 aliphatic heterocycles. The molecule has 0 radical (unpaired) electrons. The zero-order chi connectivity index (χ0) is 22.4. The van der Waals surface area contributed by atoms with E-state index in [0.717, 1.165) is 27.8 Å². The Hall–Kier alpha value is -2.47. The summed E-state index contributed by atoms with van der Waals surface area (Å²) in [4.78, 5) is 12.9. The molecule has 0 amide bonds. The van der Waals surface area contributed by atoms with Gasteiger partial charge in [-0.05, 0) is 73.4 Å². The van der Waals surface area contributed by atoms with E-state index in [2.05, 4.69) is 4.72 Å². The van der Waals surface area contributed by atoms with Crippen LogP contribution in [0.25, 0.3) is 11.1 Å². The van der Waals surface area contributed by atoms with Crippen LogP contribution in [0.15, 0.2) is 71.6 Å². The summed E-state index contributed by atoms with van der Waals surface area (Å²) in [5.74, 6) is -0.342. The number of hydrogen-bond acceptors (Lipinski definition) is 3. The number of aryl methyl sites for hydroxylation is 2. The second kappa shape index (κ2) is 10.7. The fraction of sp³-hybridized carbons (Fsp3) is 0.240. The molecule has 0 aliphatic carbocycles. The number of hydrogen-bond donors (Lipinski definition) is 1. The van der Waals surface area contributed by atoms with E-state index in [-0.39, 0.29) is 12.4 Å². The van der Waals surface area contributed by atoms with Gasteiger partial charge in [0.25, 0.3) is 0 Å². The molecule has 0 fully saturated rings. The molecule has 162 valence electrons. The lowest BCUT2D eigenvalue weighted by Crippen LogP contribution is -2.27. The van der Waals surface area contributed by atoms with Gasteiger partial charge in [-0.2, -0.15) is 0 Å². The monoisotopic (exact) mass is 455 g/mol. The third kappa shape index (κ3) is 6.26. The smallest absolute Gasteiger partial charge is 0.307 e. The van der Waals surface area contributed by atoms with Crippen LogP contribution in [0.3, 0.4) is 0 Å². The van der Waals surface area contributed by atoms with Gasteiger partial charge in [-0.1, -0.05) is 53.6 Å². The summed E-state index contributed by atoms with van der Waals surface area (Å²) in [5.41, 5.74) is 5.03. The Balaban J connectivity index is 1.94. The summed E-state index contributed by atoms with van der Waals surface area (Å²) in [6, 6.07) is 20.6. The van der Waals surface area contributed by atoms with Crippen molar-refractivity contribution in [2.45, 2.75) is 38.1 Å². The van der Waals surface area contributed by atoms with Crippen molar-refractivity contribution in [2.75, 3.05) is 6.61 Å². The van der Waals surface area contributed by atoms with Gasteiger partial charge in [0.15, 0.2) is 0 Å². The summed E-state index contributed by atoms with van der Waals surface area (Å²) < 4.78 is 21.2. The van der Waals surface area contributed by atoms with Crippen LogP contribution in [-0.4, -0.2) is 16.8 Å². The fourth-order valence-corrected chi connectivity index (χ4v) is 4.48. The first kappa shape index (κ1) is 23.2. The molecule has 0 spiro atoms. The van der Waals surface area contributed by atoms with Crippen molar-refractivity contribution in [1.82, 2.24) is 4.72 Å². The molecule has 1 N–H and O–H groups in total. The summed E-state index contributed by atoms with van der Waals surface area (Å²) in [7, 11) is -1.48. The van der Waals surface area contributed by atoms with E-state index in [9.17, 15) is 9.00 Å². The highest BCUT2D eigenvalue weighted by Crippen LogP contribution is 2.30. The Labute approximate surface area is 191 Å². The van der Waals surface area contributed by atoms with E-state index in [4.69, 9.17) is 16.3 Å². The highest BCUT2D eigenvalue weighted by atomic mass is 35.5. The zero-order valence-electron chi connectivity index (χ0n) is 17.9. The Kier molecular flexibility index (Phi) is 8.02. The Morgan fingerprint density at radius 2 is 1.81 bits per heavy atom. The zero-order valence-corrected chi connectivity index (χ0v) is 19.4. The maximum absolute atomic E-state index is 13.0. The van der Waals surface area contributed by atoms with Crippen molar-refractivity contribution < 1.29 is 13.7 Å². The standard InChI is InChI=1S/C25H26ClNO3S/c1-4-30-25(28)16-24(27-31(29)22-12-8-17(2)9-13-22)20-11-10-18(3)23(15-20)19-6-5-7-21(26)14-19/h5-15,24,27H,4,16H2,1-3H3/t24-,31+/m0/s1. The third-order valence-electron chi connectivity index (χ3n) is 4.96. The minimum absolute atomic E-state index is 0.0729. The molecule has 2 atom stereocenters. The molecule has 3 aromatic carbocycles. The first-order valence-electron chi connectivity index (χ1n) is 10.1. The summed E-state index contributed by atoms with van der Waals surface area (Å²) >= 11 is 6.19. The third-order valence-corrected chi connectivity index (χ3v) is 6.39. The number of ether oxygens (including phenoxy) is 1. The van der Waals surface area contributed by atoms with Crippen LogP contribution < -0.4 is 4.72 Å². The second-order valence-electron chi connectivity index (χ2n) is 7.35. The van der Waals surface area contributed by atoms with Gasteiger partial charge in [-0.25, -0.2) is 8.93 Å². The number of carbonyl (C=O) groups is 1. The van der Waals surface area contributed by atoms with Crippen LogP contribution in [0.4, 0.5) is 0 Å². The number of esters is 1. The molecule has 3 rings (SSSR count). The molecule has 0 aliphatic rings. The molecule has 0 unspecified atom stereocenters. The molecule has 0 aromatic heterocycles. The van der Waals surface area contributed by atoms with E-state index in [0.29, 0.717) is 16.5 Å². The predicted octanol–water partition coefficient (Wildman–Crippen LogP) is 5.93. The van der Waals surface area contributed by atoms with E-state index >= 15 is 0 Å². The van der Waals surface area contributed by atoms with Crippen molar-refractivity contribution in [1.29, 1.82) is 0 Å². The Morgan fingerprint density at radius 3 is 2.48 bits per heavy atom. The molecule has 0 heterocycles. The number of carbonyl (C=O) groups excluding carboxylic acids is 1. The summed E-state index contributed by atoms with van der Waals surface area (Å²) in [6.45, 7) is 6.08. The second-order valence-corrected chi connectivity index (χ2v) is 9.03. The normalized spacial score (nSPS) is 12.9. The van der Waals surface area contributed by atoms with Crippen LogP contribution in [0.1, 0.15) is 36.1 Å². The van der Waals surface area contributed by atoms with Crippen molar-refractivity contribution in [3.63, 3.8) is 0 Å². The van der Waals surface area contributed by atoms with Crippen molar-refractivity contribution in [2.24, 2.45) is 0 Å². The van der Waals surface area contributed by atoms with Gasteiger partial charge in [-0.3, -0.25) is 4.79 Å². The molecule has 6 heteroatoms. The lowest BCUT2D eigenvalue weighted by atomic mass is 9.95.